The van der Waals surface area contributed by atoms with Gasteiger partial charge in [-0.2, -0.15) is 0 Å². The van der Waals surface area contributed by atoms with Crippen LogP contribution in [0.5, 0.6) is 11.5 Å². The van der Waals surface area contributed by atoms with Gasteiger partial charge in [0, 0.05) is 37.7 Å². The average molecular weight is 518 g/mol. The van der Waals surface area contributed by atoms with E-state index in [0.717, 1.165) is 23.6 Å². The lowest BCUT2D eigenvalue weighted by Gasteiger charge is -2.14. The molecule has 0 saturated heterocycles. The molecule has 0 bridgehead atoms. The predicted octanol–water partition coefficient (Wildman–Crippen LogP) is 3.07. The number of aliphatic imine (C=N–C) groups is 1. The summed E-state index contributed by atoms with van der Waals surface area (Å²) in [4.78, 5) is 16.6. The van der Waals surface area contributed by atoms with Crippen LogP contribution in [0.25, 0.3) is 0 Å². The fraction of sp³-hybridized carbons (Fsp3) is 0.619. The molecule has 1 aliphatic rings. The molecule has 0 atom stereocenters. The lowest BCUT2D eigenvalue weighted by Crippen LogP contribution is -2.41. The van der Waals surface area contributed by atoms with Crippen molar-refractivity contribution in [2.45, 2.75) is 45.6 Å². The highest BCUT2D eigenvalue weighted by Gasteiger charge is 2.17. The number of amides is 1. The van der Waals surface area contributed by atoms with Gasteiger partial charge in [-0.05, 0) is 37.8 Å². The number of methoxy groups -OCH3 is 2. The van der Waals surface area contributed by atoms with Crippen molar-refractivity contribution in [3.63, 3.8) is 0 Å². The van der Waals surface area contributed by atoms with E-state index in [1.165, 1.54) is 25.7 Å². The number of benzene rings is 1. The Kier molecular flexibility index (Phi) is 12.5. The minimum atomic E-state index is 0. The molecule has 1 saturated carbocycles. The molecule has 1 fully saturated rings. The van der Waals surface area contributed by atoms with Crippen LogP contribution >= 0.6 is 24.0 Å². The van der Waals surface area contributed by atoms with Crippen LogP contribution < -0.4 is 25.4 Å². The van der Waals surface area contributed by atoms with Crippen LogP contribution in [-0.4, -0.2) is 45.7 Å². The number of nitrogens with one attached hydrogen (secondary N) is 3. The molecule has 7 nitrogen and oxygen atoms in total. The molecule has 8 heteroatoms. The van der Waals surface area contributed by atoms with E-state index < -0.39 is 0 Å². The normalized spacial score (nSPS) is 14.1. The van der Waals surface area contributed by atoms with Crippen LogP contribution in [0, 0.1) is 5.92 Å². The highest BCUT2D eigenvalue weighted by Crippen LogP contribution is 2.27. The van der Waals surface area contributed by atoms with Crippen molar-refractivity contribution in [1.82, 2.24) is 16.0 Å². The Morgan fingerprint density at radius 1 is 1.10 bits per heavy atom. The molecule has 0 aromatic heterocycles. The van der Waals surface area contributed by atoms with Crippen LogP contribution in [0.4, 0.5) is 0 Å². The molecule has 2 rings (SSSR count). The Bertz CT molecular complexity index is 649. The van der Waals surface area contributed by atoms with E-state index in [-0.39, 0.29) is 29.9 Å². The Hall–Kier alpha value is -1.71. The van der Waals surface area contributed by atoms with Crippen molar-refractivity contribution < 1.29 is 14.3 Å². The minimum absolute atomic E-state index is 0. The average Bonchev–Trinajstić information content (AvgIpc) is 3.22. The van der Waals surface area contributed by atoms with Crippen molar-refractivity contribution in [2.24, 2.45) is 10.9 Å². The third-order valence-corrected chi connectivity index (χ3v) is 4.93. The highest BCUT2D eigenvalue weighted by molar-refractivity contribution is 14.0. The van der Waals surface area contributed by atoms with E-state index in [2.05, 4.69) is 20.9 Å². The summed E-state index contributed by atoms with van der Waals surface area (Å²) in [6.45, 7) is 4.48. The van der Waals surface area contributed by atoms with Gasteiger partial charge in [0.2, 0.25) is 5.91 Å². The Morgan fingerprint density at radius 2 is 1.83 bits per heavy atom. The fourth-order valence-corrected chi connectivity index (χ4v) is 3.42. The molecule has 29 heavy (non-hydrogen) atoms. The number of nitrogens with zero attached hydrogens (tertiary/aromatic N) is 1. The van der Waals surface area contributed by atoms with E-state index in [4.69, 9.17) is 9.47 Å². The predicted molar refractivity (Wildman–Crippen MR) is 127 cm³/mol. The summed E-state index contributed by atoms with van der Waals surface area (Å²) in [7, 11) is 3.27. The van der Waals surface area contributed by atoms with Gasteiger partial charge in [-0.1, -0.05) is 12.8 Å². The molecule has 0 radical (unpaired) electrons. The van der Waals surface area contributed by atoms with Crippen LogP contribution in [-0.2, 0) is 11.3 Å². The van der Waals surface area contributed by atoms with E-state index in [1.807, 2.05) is 25.1 Å². The number of rotatable bonds is 10. The fourth-order valence-electron chi connectivity index (χ4n) is 3.42. The zero-order valence-corrected chi connectivity index (χ0v) is 20.1. The monoisotopic (exact) mass is 518 g/mol. The largest absolute Gasteiger partial charge is 0.497 e. The first-order valence-corrected chi connectivity index (χ1v) is 10.2. The lowest BCUT2D eigenvalue weighted by atomic mass is 10.0. The van der Waals surface area contributed by atoms with E-state index in [0.29, 0.717) is 37.9 Å². The maximum atomic E-state index is 12.0. The number of carbonyl (C=O) groups excluding carboxylic acids is 1. The van der Waals surface area contributed by atoms with Gasteiger partial charge in [0.25, 0.3) is 0 Å². The minimum Gasteiger partial charge on any atom is -0.497 e. The van der Waals surface area contributed by atoms with Crippen LogP contribution in [0.15, 0.2) is 23.2 Å². The lowest BCUT2D eigenvalue weighted by molar-refractivity contribution is -0.121. The summed E-state index contributed by atoms with van der Waals surface area (Å²) in [5.74, 6) is 2.94. The summed E-state index contributed by atoms with van der Waals surface area (Å²) >= 11 is 0. The number of hydrogen-bond acceptors (Lipinski definition) is 4. The molecule has 0 aliphatic heterocycles. The Balaban J connectivity index is 0.00000420. The molecular weight excluding hydrogens is 483 g/mol. The smallest absolute Gasteiger partial charge is 0.220 e. The van der Waals surface area contributed by atoms with E-state index >= 15 is 0 Å². The molecule has 1 amide bonds. The molecule has 3 N–H and O–H groups in total. The van der Waals surface area contributed by atoms with Crippen molar-refractivity contribution >= 4 is 35.8 Å². The first kappa shape index (κ1) is 25.3. The van der Waals surface area contributed by atoms with Gasteiger partial charge in [-0.15, -0.1) is 24.0 Å². The Morgan fingerprint density at radius 3 is 2.48 bits per heavy atom. The van der Waals surface area contributed by atoms with Gasteiger partial charge in [0.15, 0.2) is 5.96 Å². The second kappa shape index (κ2) is 14.3. The first-order valence-electron chi connectivity index (χ1n) is 10.2. The summed E-state index contributed by atoms with van der Waals surface area (Å²) < 4.78 is 10.6. The molecule has 0 spiro atoms. The van der Waals surface area contributed by atoms with Crippen molar-refractivity contribution in [1.29, 1.82) is 0 Å². The topological polar surface area (TPSA) is 84.0 Å². The van der Waals surface area contributed by atoms with Gasteiger partial charge in [-0.25, -0.2) is 4.99 Å². The van der Waals surface area contributed by atoms with Gasteiger partial charge >= 0.3 is 0 Å². The van der Waals surface area contributed by atoms with Gasteiger partial charge in [0.1, 0.15) is 11.5 Å². The molecule has 1 aromatic carbocycles. The van der Waals surface area contributed by atoms with Crippen molar-refractivity contribution in [3.8, 4) is 11.5 Å². The van der Waals surface area contributed by atoms with Gasteiger partial charge in [0.05, 0.1) is 20.8 Å². The van der Waals surface area contributed by atoms with Crippen LogP contribution in [0.2, 0.25) is 0 Å². The zero-order valence-electron chi connectivity index (χ0n) is 17.8. The third-order valence-electron chi connectivity index (χ3n) is 4.93. The van der Waals surface area contributed by atoms with Gasteiger partial charge < -0.3 is 25.4 Å². The second-order valence-corrected chi connectivity index (χ2v) is 7.00. The number of hydrogen-bond donors (Lipinski definition) is 3. The molecule has 164 valence electrons. The second-order valence-electron chi connectivity index (χ2n) is 7.00. The van der Waals surface area contributed by atoms with Crippen LogP contribution in [0.3, 0.4) is 0 Å². The number of guanidine groups is 1. The molecule has 1 aromatic rings. The molecule has 0 unspecified atom stereocenters. The van der Waals surface area contributed by atoms with Gasteiger partial charge in [-0.3, -0.25) is 4.79 Å². The quantitative estimate of drug-likeness (QED) is 0.192. The molecule has 0 heterocycles. The summed E-state index contributed by atoms with van der Waals surface area (Å²) in [5.41, 5.74) is 0.977. The Labute approximate surface area is 191 Å². The standard InChI is InChI=1S/C21H34N4O3.HI/c1-4-22-21(24-12-11-23-20(26)13-16-7-5-6-8-16)25-15-17-9-10-18(27-2)14-19(17)28-3;/h9-10,14,16H,4-8,11-13,15H2,1-3H3,(H,23,26)(H2,22,24,25);1H. The summed E-state index contributed by atoms with van der Waals surface area (Å²) in [5, 5.41) is 9.47. The highest BCUT2D eigenvalue weighted by atomic mass is 127. The number of carbonyl (C=O) groups is 1. The van der Waals surface area contributed by atoms with E-state index in [1.54, 1.807) is 14.2 Å². The third kappa shape index (κ3) is 9.10. The summed E-state index contributed by atoms with van der Waals surface area (Å²) in [6.07, 6.45) is 5.57. The van der Waals surface area contributed by atoms with Crippen molar-refractivity contribution in [3.05, 3.63) is 23.8 Å². The van der Waals surface area contributed by atoms with E-state index in [9.17, 15) is 4.79 Å². The zero-order chi connectivity index (χ0) is 20.2. The maximum Gasteiger partial charge on any atom is 0.220 e. The first-order chi connectivity index (χ1) is 13.7. The SMILES string of the molecule is CCNC(=NCc1ccc(OC)cc1OC)NCCNC(=O)CC1CCCC1.I. The van der Waals surface area contributed by atoms with Crippen molar-refractivity contribution in [2.75, 3.05) is 33.9 Å². The molecule has 1 aliphatic carbocycles. The molecular formula is C21H35IN4O3. The van der Waals surface area contributed by atoms with Crippen LogP contribution in [0.1, 0.15) is 44.6 Å². The number of halogens is 1. The maximum absolute atomic E-state index is 12.0. The summed E-state index contributed by atoms with van der Waals surface area (Å²) in [6, 6.07) is 5.70. The number of ether oxygens (including phenoxy) is 2.